The van der Waals surface area contributed by atoms with Gasteiger partial charge in [0, 0.05) is 68.6 Å². The molecule has 1 fully saturated rings. The molecule has 1 aliphatic heterocycles. The molecule has 1 aliphatic rings. The predicted octanol–water partition coefficient (Wildman–Crippen LogP) is 2.69. The number of carbonyl (C=O) groups excluding carboxylic acids is 1. The summed E-state index contributed by atoms with van der Waals surface area (Å²) in [5.41, 5.74) is 1.25. The maximum Gasteiger partial charge on any atom is 0.243 e. The zero-order valence-electron chi connectivity index (χ0n) is 17.7. The minimum Gasteiger partial charge on any atom is -0.355 e. The maximum atomic E-state index is 12.0. The van der Waals surface area contributed by atoms with Gasteiger partial charge in [-0.15, -0.1) is 11.8 Å². The second-order valence-electron chi connectivity index (χ2n) is 7.54. The Hall–Kier alpha value is -2.19. The third-order valence-electron chi connectivity index (χ3n) is 5.01. The number of aryl methyl sites for hydroxylation is 1. The van der Waals surface area contributed by atoms with Crippen molar-refractivity contribution in [1.29, 1.82) is 0 Å². The van der Waals surface area contributed by atoms with E-state index in [9.17, 15) is 4.79 Å². The van der Waals surface area contributed by atoms with Crippen LogP contribution in [0.1, 0.15) is 17.9 Å². The van der Waals surface area contributed by atoms with Crippen LogP contribution in [0.3, 0.4) is 0 Å². The van der Waals surface area contributed by atoms with Crippen LogP contribution >= 0.6 is 23.4 Å². The molecule has 1 atom stereocenters. The van der Waals surface area contributed by atoms with E-state index in [1.54, 1.807) is 30.8 Å². The lowest BCUT2D eigenvalue weighted by Gasteiger charge is -2.22. The van der Waals surface area contributed by atoms with Crippen LogP contribution in [0, 0.1) is 0 Å². The number of halogens is 1. The molecule has 1 aromatic heterocycles. The molecule has 1 unspecified atom stereocenters. The van der Waals surface area contributed by atoms with Gasteiger partial charge in [-0.1, -0.05) is 11.6 Å². The first-order chi connectivity index (χ1) is 14.4. The summed E-state index contributed by atoms with van der Waals surface area (Å²) < 4.78 is 1.84. The summed E-state index contributed by atoms with van der Waals surface area (Å²) in [6, 6.07) is 7.85. The molecular formula is C21H29ClN6OS. The maximum absolute atomic E-state index is 12.0. The number of benzene rings is 1. The van der Waals surface area contributed by atoms with E-state index in [0.29, 0.717) is 5.92 Å². The van der Waals surface area contributed by atoms with Crippen LogP contribution in [0.25, 0.3) is 0 Å². The summed E-state index contributed by atoms with van der Waals surface area (Å²) in [6.45, 7) is 2.69. The fourth-order valence-corrected chi connectivity index (χ4v) is 4.18. The number of aliphatic imine (C=N–C) groups is 1. The Morgan fingerprint density at radius 3 is 2.80 bits per heavy atom. The number of nitrogens with zero attached hydrogens (tertiary/aromatic N) is 5. The lowest BCUT2D eigenvalue weighted by Crippen LogP contribution is -2.41. The van der Waals surface area contributed by atoms with Crippen LogP contribution in [0.2, 0.25) is 5.02 Å². The van der Waals surface area contributed by atoms with Crippen LogP contribution in [0.5, 0.6) is 0 Å². The zero-order valence-corrected chi connectivity index (χ0v) is 19.3. The molecule has 7 nitrogen and oxygen atoms in total. The summed E-state index contributed by atoms with van der Waals surface area (Å²) >= 11 is 7.71. The first-order valence-electron chi connectivity index (χ1n) is 10.0. The van der Waals surface area contributed by atoms with Crippen LogP contribution in [-0.4, -0.2) is 77.5 Å². The van der Waals surface area contributed by atoms with E-state index in [1.165, 1.54) is 10.5 Å². The molecule has 1 N–H and O–H groups in total. The molecule has 0 bridgehead atoms. The van der Waals surface area contributed by atoms with E-state index in [4.69, 9.17) is 11.6 Å². The minimum absolute atomic E-state index is 0.00662. The topological polar surface area (TPSA) is 65.8 Å². The Kier molecular flexibility index (Phi) is 8.04. The van der Waals surface area contributed by atoms with Crippen molar-refractivity contribution in [2.75, 3.05) is 46.0 Å². The SMILES string of the molecule is CN(C)C(=O)CN=C(NCCSc1ccc(Cl)cc1)N1CCC(c2cnn(C)c2)C1. The van der Waals surface area contributed by atoms with Crippen LogP contribution in [0.15, 0.2) is 46.5 Å². The molecule has 0 saturated carbocycles. The standard InChI is InChI=1S/C21H29ClN6OS/c1-26(2)20(29)13-24-21(23-9-11-30-19-6-4-18(22)5-7-19)28-10-8-16(15-28)17-12-25-27(3)14-17/h4-7,12,14,16H,8-11,13,15H2,1-3H3,(H,23,24). The van der Waals surface area contributed by atoms with Crippen LogP contribution < -0.4 is 5.32 Å². The van der Waals surface area contributed by atoms with Gasteiger partial charge in [-0.25, -0.2) is 4.99 Å². The van der Waals surface area contributed by atoms with Gasteiger partial charge in [0.15, 0.2) is 5.96 Å². The Morgan fingerprint density at radius 1 is 1.37 bits per heavy atom. The van der Waals surface area contributed by atoms with Gasteiger partial charge in [-0.2, -0.15) is 5.10 Å². The summed E-state index contributed by atoms with van der Waals surface area (Å²) in [5.74, 6) is 2.11. The van der Waals surface area contributed by atoms with Crippen molar-refractivity contribution < 1.29 is 4.79 Å². The highest BCUT2D eigenvalue weighted by atomic mass is 35.5. The lowest BCUT2D eigenvalue weighted by molar-refractivity contribution is -0.127. The van der Waals surface area contributed by atoms with Gasteiger partial charge in [0.2, 0.25) is 5.91 Å². The van der Waals surface area contributed by atoms with Crippen molar-refractivity contribution in [2.24, 2.45) is 12.0 Å². The fourth-order valence-electron chi connectivity index (χ4n) is 3.29. The van der Waals surface area contributed by atoms with Crippen molar-refractivity contribution in [3.63, 3.8) is 0 Å². The average Bonchev–Trinajstić information content (AvgIpc) is 3.37. The highest BCUT2D eigenvalue weighted by Crippen LogP contribution is 2.26. The number of thioether (sulfide) groups is 1. The molecule has 162 valence electrons. The Labute approximate surface area is 187 Å². The van der Waals surface area contributed by atoms with Gasteiger partial charge < -0.3 is 15.1 Å². The molecule has 1 saturated heterocycles. The molecule has 1 aromatic carbocycles. The first kappa shape index (κ1) is 22.5. The number of likely N-dealkylation sites (N-methyl/N-ethyl adjacent to an activating group) is 1. The predicted molar refractivity (Wildman–Crippen MR) is 123 cm³/mol. The number of likely N-dealkylation sites (tertiary alicyclic amines) is 1. The summed E-state index contributed by atoms with van der Waals surface area (Å²) in [4.78, 5) is 21.6. The lowest BCUT2D eigenvalue weighted by atomic mass is 10.0. The number of amides is 1. The normalized spacial score (nSPS) is 16.7. The number of aromatic nitrogens is 2. The molecular weight excluding hydrogens is 420 g/mol. The molecule has 0 radical (unpaired) electrons. The van der Waals surface area contributed by atoms with Crippen molar-refractivity contribution >= 4 is 35.2 Å². The van der Waals surface area contributed by atoms with Gasteiger partial charge in [-0.3, -0.25) is 9.48 Å². The third-order valence-corrected chi connectivity index (χ3v) is 6.28. The minimum atomic E-state index is -0.00662. The zero-order chi connectivity index (χ0) is 21.5. The molecule has 1 amide bonds. The van der Waals surface area contributed by atoms with Crippen molar-refractivity contribution in [1.82, 2.24) is 24.9 Å². The number of hydrogen-bond acceptors (Lipinski definition) is 4. The average molecular weight is 449 g/mol. The summed E-state index contributed by atoms with van der Waals surface area (Å²) in [6.07, 6.45) is 5.07. The fraction of sp³-hybridized carbons (Fsp3) is 0.476. The largest absolute Gasteiger partial charge is 0.355 e. The van der Waals surface area contributed by atoms with E-state index in [2.05, 4.69) is 26.5 Å². The van der Waals surface area contributed by atoms with E-state index in [-0.39, 0.29) is 12.5 Å². The van der Waals surface area contributed by atoms with E-state index in [0.717, 1.165) is 42.8 Å². The van der Waals surface area contributed by atoms with Gasteiger partial charge in [0.1, 0.15) is 6.54 Å². The molecule has 2 aromatic rings. The Balaban J connectivity index is 1.58. The quantitative estimate of drug-likeness (QED) is 0.305. The van der Waals surface area contributed by atoms with E-state index in [1.807, 2.05) is 42.2 Å². The second-order valence-corrected chi connectivity index (χ2v) is 9.14. The van der Waals surface area contributed by atoms with Crippen molar-refractivity contribution in [3.05, 3.63) is 47.2 Å². The molecule has 3 rings (SSSR count). The Morgan fingerprint density at radius 2 is 2.13 bits per heavy atom. The van der Waals surface area contributed by atoms with E-state index < -0.39 is 0 Å². The van der Waals surface area contributed by atoms with Crippen molar-refractivity contribution in [2.45, 2.75) is 17.2 Å². The van der Waals surface area contributed by atoms with Gasteiger partial charge >= 0.3 is 0 Å². The third kappa shape index (κ3) is 6.40. The number of rotatable bonds is 7. The summed E-state index contributed by atoms with van der Waals surface area (Å²) in [5, 5.41) is 8.49. The number of guanidine groups is 1. The molecule has 9 heteroatoms. The van der Waals surface area contributed by atoms with Crippen LogP contribution in [0.4, 0.5) is 0 Å². The van der Waals surface area contributed by atoms with Crippen LogP contribution in [-0.2, 0) is 11.8 Å². The first-order valence-corrected chi connectivity index (χ1v) is 11.4. The second kappa shape index (κ2) is 10.7. The van der Waals surface area contributed by atoms with Gasteiger partial charge in [0.25, 0.3) is 0 Å². The summed E-state index contributed by atoms with van der Waals surface area (Å²) in [7, 11) is 5.44. The highest BCUT2D eigenvalue weighted by Gasteiger charge is 2.27. The van der Waals surface area contributed by atoms with Crippen molar-refractivity contribution in [3.8, 4) is 0 Å². The number of carbonyl (C=O) groups is 1. The smallest absolute Gasteiger partial charge is 0.243 e. The van der Waals surface area contributed by atoms with Gasteiger partial charge in [-0.05, 0) is 36.2 Å². The highest BCUT2D eigenvalue weighted by molar-refractivity contribution is 7.99. The molecule has 30 heavy (non-hydrogen) atoms. The number of nitrogens with one attached hydrogen (secondary N) is 1. The molecule has 0 spiro atoms. The number of hydrogen-bond donors (Lipinski definition) is 1. The van der Waals surface area contributed by atoms with Gasteiger partial charge in [0.05, 0.1) is 6.20 Å². The Bertz CT molecular complexity index is 867. The monoisotopic (exact) mass is 448 g/mol. The molecule has 2 heterocycles. The van der Waals surface area contributed by atoms with E-state index >= 15 is 0 Å². The molecule has 0 aliphatic carbocycles.